The fourth-order valence-corrected chi connectivity index (χ4v) is 2.13. The third kappa shape index (κ3) is 2.16. The number of aromatic nitrogens is 1. The number of halogens is 1. The molecule has 0 aliphatic carbocycles. The first kappa shape index (κ1) is 12.4. The number of nitrogens with zero attached hydrogens (tertiary/aromatic N) is 1. The van der Waals surface area contributed by atoms with E-state index in [1.54, 1.807) is 12.1 Å². The van der Waals surface area contributed by atoms with E-state index in [2.05, 4.69) is 5.16 Å². The van der Waals surface area contributed by atoms with Crippen LogP contribution in [0, 0.1) is 12.7 Å². The van der Waals surface area contributed by atoms with Crippen LogP contribution in [0.5, 0.6) is 0 Å². The lowest BCUT2D eigenvalue weighted by molar-refractivity contribution is 0.439. The summed E-state index contributed by atoms with van der Waals surface area (Å²) in [4.78, 5) is 0. The third-order valence-corrected chi connectivity index (χ3v) is 3.16. The summed E-state index contributed by atoms with van der Waals surface area (Å²) in [5.41, 5.74) is 9.76. The minimum absolute atomic E-state index is 0.186. The lowest BCUT2D eigenvalue weighted by Gasteiger charge is -2.03. The molecule has 0 saturated carbocycles. The summed E-state index contributed by atoms with van der Waals surface area (Å²) in [5.74, 6) is -0.135. The number of benzene rings is 2. The number of hydrogen-bond donors (Lipinski definition) is 1. The van der Waals surface area contributed by atoms with Gasteiger partial charge >= 0.3 is 0 Å². The van der Waals surface area contributed by atoms with Gasteiger partial charge in [0.2, 0.25) is 5.88 Å². The van der Waals surface area contributed by atoms with Crippen LogP contribution in [0.3, 0.4) is 0 Å². The summed E-state index contributed by atoms with van der Waals surface area (Å²) in [5, 5.41) is 4.00. The molecule has 100 valence electrons. The molecular formula is C16H13FN2O. The van der Waals surface area contributed by atoms with Gasteiger partial charge in [-0.1, -0.05) is 47.1 Å². The maximum atomic E-state index is 13.4. The van der Waals surface area contributed by atoms with Crippen molar-refractivity contribution in [3.05, 3.63) is 59.9 Å². The van der Waals surface area contributed by atoms with Gasteiger partial charge in [-0.05, 0) is 24.6 Å². The van der Waals surface area contributed by atoms with Crippen LogP contribution in [0.2, 0.25) is 0 Å². The molecule has 0 aliphatic heterocycles. The Morgan fingerprint density at radius 1 is 1.05 bits per heavy atom. The van der Waals surface area contributed by atoms with Crippen molar-refractivity contribution < 1.29 is 8.91 Å². The number of rotatable bonds is 2. The van der Waals surface area contributed by atoms with Crippen molar-refractivity contribution in [2.75, 3.05) is 5.73 Å². The van der Waals surface area contributed by atoms with Crippen molar-refractivity contribution in [3.63, 3.8) is 0 Å². The van der Waals surface area contributed by atoms with E-state index in [9.17, 15) is 4.39 Å². The number of hydrogen-bond acceptors (Lipinski definition) is 3. The van der Waals surface area contributed by atoms with Crippen molar-refractivity contribution in [1.82, 2.24) is 5.16 Å². The molecule has 0 fully saturated rings. The molecule has 3 nitrogen and oxygen atoms in total. The highest BCUT2D eigenvalue weighted by atomic mass is 19.1. The second-order valence-corrected chi connectivity index (χ2v) is 4.65. The zero-order valence-corrected chi connectivity index (χ0v) is 10.9. The molecule has 4 heteroatoms. The minimum Gasteiger partial charge on any atom is -0.367 e. The van der Waals surface area contributed by atoms with Crippen LogP contribution in [-0.4, -0.2) is 5.16 Å². The fraction of sp³-hybridized carbons (Fsp3) is 0.0625. The summed E-state index contributed by atoms with van der Waals surface area (Å²) in [6.45, 7) is 2.01. The number of anilines is 1. The van der Waals surface area contributed by atoms with Gasteiger partial charge in [0.15, 0.2) is 0 Å². The molecule has 1 heterocycles. The molecule has 0 atom stereocenters. The summed E-state index contributed by atoms with van der Waals surface area (Å²) in [6, 6.07) is 14.1. The molecule has 20 heavy (non-hydrogen) atoms. The molecule has 2 N–H and O–H groups in total. The van der Waals surface area contributed by atoms with Gasteiger partial charge in [-0.15, -0.1) is 0 Å². The van der Waals surface area contributed by atoms with Crippen molar-refractivity contribution in [1.29, 1.82) is 0 Å². The van der Waals surface area contributed by atoms with Crippen LogP contribution in [0.4, 0.5) is 10.3 Å². The highest BCUT2D eigenvalue weighted by Crippen LogP contribution is 2.36. The maximum absolute atomic E-state index is 13.4. The van der Waals surface area contributed by atoms with E-state index in [4.69, 9.17) is 10.3 Å². The monoisotopic (exact) mass is 268 g/mol. The summed E-state index contributed by atoms with van der Waals surface area (Å²) in [7, 11) is 0. The predicted molar refractivity (Wildman–Crippen MR) is 76.5 cm³/mol. The predicted octanol–water partition coefficient (Wildman–Crippen LogP) is 4.04. The highest BCUT2D eigenvalue weighted by molar-refractivity contribution is 5.86. The maximum Gasteiger partial charge on any atom is 0.230 e. The van der Waals surface area contributed by atoms with Crippen LogP contribution in [0.15, 0.2) is 53.1 Å². The molecule has 0 unspecified atom stereocenters. The first-order valence-electron chi connectivity index (χ1n) is 6.23. The molecule has 2 aromatic carbocycles. The van der Waals surface area contributed by atoms with Gasteiger partial charge in [-0.3, -0.25) is 0 Å². The first-order chi connectivity index (χ1) is 9.65. The van der Waals surface area contributed by atoms with Crippen molar-refractivity contribution in [2.24, 2.45) is 0 Å². The molecule has 0 amide bonds. The summed E-state index contributed by atoms with van der Waals surface area (Å²) < 4.78 is 18.5. The van der Waals surface area contributed by atoms with E-state index >= 15 is 0 Å². The standard InChI is InChI=1S/C16H13FN2O/c1-10-5-7-11(8-6-10)15-14(16(18)20-19-15)12-3-2-4-13(17)9-12/h2-9H,18H2,1H3. The Bertz CT molecular complexity index is 747. The SMILES string of the molecule is Cc1ccc(-c2noc(N)c2-c2cccc(F)c2)cc1. The first-order valence-corrected chi connectivity index (χ1v) is 6.23. The quantitative estimate of drug-likeness (QED) is 0.763. The highest BCUT2D eigenvalue weighted by Gasteiger charge is 2.17. The number of aryl methyl sites for hydroxylation is 1. The Balaban J connectivity index is 2.17. The van der Waals surface area contributed by atoms with E-state index in [-0.39, 0.29) is 11.7 Å². The second kappa shape index (κ2) is 4.81. The minimum atomic E-state index is -0.321. The fourth-order valence-electron chi connectivity index (χ4n) is 2.13. The van der Waals surface area contributed by atoms with E-state index in [1.165, 1.54) is 12.1 Å². The van der Waals surface area contributed by atoms with Crippen LogP contribution < -0.4 is 5.73 Å². The molecule has 0 aliphatic rings. The van der Waals surface area contributed by atoms with E-state index in [0.29, 0.717) is 16.8 Å². The Kier molecular flexibility index (Phi) is 2.99. The number of nitrogen functional groups attached to an aromatic ring is 1. The molecule has 3 aromatic rings. The molecule has 1 aromatic heterocycles. The second-order valence-electron chi connectivity index (χ2n) is 4.65. The zero-order valence-electron chi connectivity index (χ0n) is 10.9. The Hall–Kier alpha value is -2.62. The topological polar surface area (TPSA) is 52.0 Å². The van der Waals surface area contributed by atoms with Crippen molar-refractivity contribution in [2.45, 2.75) is 6.92 Å². The average molecular weight is 268 g/mol. The van der Waals surface area contributed by atoms with Gasteiger partial charge < -0.3 is 10.3 Å². The Labute approximate surface area is 115 Å². The molecule has 3 rings (SSSR count). The van der Waals surface area contributed by atoms with Crippen LogP contribution in [0.25, 0.3) is 22.4 Å². The van der Waals surface area contributed by atoms with Gasteiger partial charge in [0.05, 0.1) is 5.56 Å². The Morgan fingerprint density at radius 3 is 2.50 bits per heavy atom. The third-order valence-electron chi connectivity index (χ3n) is 3.16. The largest absolute Gasteiger partial charge is 0.367 e. The van der Waals surface area contributed by atoms with Gasteiger partial charge in [-0.25, -0.2) is 4.39 Å². The van der Waals surface area contributed by atoms with Crippen molar-refractivity contribution >= 4 is 5.88 Å². The molecule has 0 radical (unpaired) electrons. The smallest absolute Gasteiger partial charge is 0.230 e. The van der Waals surface area contributed by atoms with Gasteiger partial charge in [0, 0.05) is 5.56 Å². The molecular weight excluding hydrogens is 255 g/mol. The van der Waals surface area contributed by atoms with Crippen LogP contribution >= 0.6 is 0 Å². The van der Waals surface area contributed by atoms with Gasteiger partial charge in [-0.2, -0.15) is 0 Å². The summed E-state index contributed by atoms with van der Waals surface area (Å²) in [6.07, 6.45) is 0. The zero-order chi connectivity index (χ0) is 14.1. The van der Waals surface area contributed by atoms with E-state index < -0.39 is 0 Å². The molecule has 0 bridgehead atoms. The normalized spacial score (nSPS) is 10.7. The average Bonchev–Trinajstić information content (AvgIpc) is 2.81. The molecule has 0 spiro atoms. The van der Waals surface area contributed by atoms with Crippen molar-refractivity contribution in [3.8, 4) is 22.4 Å². The Morgan fingerprint density at radius 2 is 1.80 bits per heavy atom. The lowest BCUT2D eigenvalue weighted by Crippen LogP contribution is -1.88. The van der Waals surface area contributed by atoms with Gasteiger partial charge in [0.1, 0.15) is 11.5 Å². The lowest BCUT2D eigenvalue weighted by atomic mass is 10.0. The van der Waals surface area contributed by atoms with Gasteiger partial charge in [0.25, 0.3) is 0 Å². The summed E-state index contributed by atoms with van der Waals surface area (Å²) >= 11 is 0. The number of nitrogens with two attached hydrogens (primary N) is 1. The van der Waals surface area contributed by atoms with E-state index in [0.717, 1.165) is 11.1 Å². The van der Waals surface area contributed by atoms with Crippen LogP contribution in [-0.2, 0) is 0 Å². The van der Waals surface area contributed by atoms with Crippen LogP contribution in [0.1, 0.15) is 5.56 Å². The van der Waals surface area contributed by atoms with E-state index in [1.807, 2.05) is 31.2 Å². The molecule has 0 saturated heterocycles.